The highest BCUT2D eigenvalue weighted by Crippen LogP contribution is 2.38. The summed E-state index contributed by atoms with van der Waals surface area (Å²) in [7, 11) is 0. The number of rotatable bonds is 10. The fraction of sp³-hybridized carbons (Fsp3) is 0.481. The van der Waals surface area contributed by atoms with Gasteiger partial charge in [-0.2, -0.15) is 0 Å². The van der Waals surface area contributed by atoms with Crippen LogP contribution >= 0.6 is 38.9 Å². The van der Waals surface area contributed by atoms with E-state index in [4.69, 9.17) is 20.9 Å². The Balaban J connectivity index is 1.49. The molecule has 9 nitrogen and oxygen atoms in total. The molecule has 1 aliphatic rings. The number of benzene rings is 1. The van der Waals surface area contributed by atoms with Gasteiger partial charge in [0.1, 0.15) is 17.0 Å². The van der Waals surface area contributed by atoms with Crippen LogP contribution in [0.2, 0.25) is 5.02 Å². The zero-order chi connectivity index (χ0) is 28.3. The number of thiazole rings is 1. The molecule has 2 aromatic heterocycles. The van der Waals surface area contributed by atoms with Crippen LogP contribution in [0.4, 0.5) is 0 Å². The summed E-state index contributed by atoms with van der Waals surface area (Å²) in [6.45, 7) is 7.96. The molecule has 1 aliphatic heterocycles. The topological polar surface area (TPSA) is 118 Å². The van der Waals surface area contributed by atoms with E-state index in [1.807, 2.05) is 57.5 Å². The van der Waals surface area contributed by atoms with E-state index in [0.717, 1.165) is 21.7 Å². The Kier molecular flexibility index (Phi) is 9.69. The van der Waals surface area contributed by atoms with Crippen LogP contribution < -0.4 is 10.1 Å². The molecule has 4 atom stereocenters. The highest BCUT2D eigenvalue weighted by molar-refractivity contribution is 9.09. The summed E-state index contributed by atoms with van der Waals surface area (Å²) in [5, 5.41) is 18.1. The number of aliphatic hydroxyl groups is 1. The van der Waals surface area contributed by atoms with Crippen molar-refractivity contribution >= 4 is 50.7 Å². The second-order valence-electron chi connectivity index (χ2n) is 9.94. The van der Waals surface area contributed by atoms with E-state index in [1.54, 1.807) is 11.3 Å². The number of β-amino-alcohol motifs (C(OH)–C–C–N with tert-alkyl or cyclic N) is 1. The largest absolute Gasteiger partial charge is 0.474 e. The molecular weight excluding hydrogens is 608 g/mol. The molecule has 0 saturated carbocycles. The van der Waals surface area contributed by atoms with E-state index >= 15 is 0 Å². The van der Waals surface area contributed by atoms with Crippen LogP contribution in [0.3, 0.4) is 0 Å². The maximum atomic E-state index is 13.8. The number of nitrogens with zero attached hydrogens (tertiary/aromatic N) is 3. The lowest BCUT2D eigenvalue weighted by atomic mass is 9.91. The molecule has 2 N–H and O–H groups in total. The van der Waals surface area contributed by atoms with Crippen molar-refractivity contribution in [2.75, 3.05) is 18.5 Å². The summed E-state index contributed by atoms with van der Waals surface area (Å²) in [5.74, 6) is -1.40. The Morgan fingerprint density at radius 1 is 1.31 bits per heavy atom. The van der Waals surface area contributed by atoms with Crippen LogP contribution in [0.25, 0.3) is 10.4 Å². The Bertz CT molecular complexity index is 1300. The number of carbonyl (C=O) groups excluding carboxylic acids is 2. The van der Waals surface area contributed by atoms with Crippen molar-refractivity contribution < 1.29 is 24.0 Å². The van der Waals surface area contributed by atoms with Gasteiger partial charge in [0.15, 0.2) is 5.76 Å². The van der Waals surface area contributed by atoms with E-state index < -0.39 is 18.1 Å². The van der Waals surface area contributed by atoms with E-state index in [1.165, 1.54) is 4.90 Å². The van der Waals surface area contributed by atoms with Gasteiger partial charge in [-0.25, -0.2) is 4.98 Å². The zero-order valence-corrected chi connectivity index (χ0v) is 25.3. The summed E-state index contributed by atoms with van der Waals surface area (Å²) in [5.41, 5.74) is 4.80. The number of likely N-dealkylation sites (tertiary alicyclic amines) is 1. The maximum Gasteiger partial charge on any atom is 0.273 e. The number of carbonyl (C=O) groups is 2. The molecule has 0 aliphatic carbocycles. The van der Waals surface area contributed by atoms with Gasteiger partial charge >= 0.3 is 0 Å². The normalized spacial score (nSPS) is 18.8. The SMILES string of the molecule is Cc1ncsc1-c1ccc([C@H](C)NC(=O)C2C[C@@H](O)CN2C(=O)C(c2onc(OCCBr)c2Cl)C(C)C)cc1. The second-order valence-corrected chi connectivity index (χ2v) is 12.0. The number of amides is 2. The van der Waals surface area contributed by atoms with Crippen molar-refractivity contribution in [1.82, 2.24) is 20.4 Å². The minimum atomic E-state index is -0.832. The number of hydrogen-bond donors (Lipinski definition) is 2. The van der Waals surface area contributed by atoms with Crippen molar-refractivity contribution in [3.05, 3.63) is 51.8 Å². The number of aromatic nitrogens is 2. The second kappa shape index (κ2) is 12.8. The predicted octanol–water partition coefficient (Wildman–Crippen LogP) is 5.11. The minimum Gasteiger partial charge on any atom is -0.474 e. The van der Waals surface area contributed by atoms with Gasteiger partial charge in [0, 0.05) is 18.3 Å². The van der Waals surface area contributed by atoms with E-state index in [9.17, 15) is 14.7 Å². The summed E-state index contributed by atoms with van der Waals surface area (Å²) >= 11 is 11.3. The van der Waals surface area contributed by atoms with Gasteiger partial charge in [0.2, 0.25) is 11.8 Å². The lowest BCUT2D eigenvalue weighted by molar-refractivity contribution is -0.141. The Hall–Kier alpha value is -2.47. The Morgan fingerprint density at radius 3 is 2.64 bits per heavy atom. The summed E-state index contributed by atoms with van der Waals surface area (Å²) in [6, 6.07) is 6.84. The first-order valence-electron chi connectivity index (χ1n) is 12.8. The van der Waals surface area contributed by atoms with Gasteiger partial charge in [-0.1, -0.05) is 65.6 Å². The molecule has 0 bridgehead atoms. The van der Waals surface area contributed by atoms with Gasteiger partial charge in [0.25, 0.3) is 5.88 Å². The number of ether oxygens (including phenoxy) is 1. The first-order chi connectivity index (χ1) is 18.6. The number of nitrogens with one attached hydrogen (secondary N) is 1. The summed E-state index contributed by atoms with van der Waals surface area (Å²) in [6.07, 6.45) is -0.680. The maximum absolute atomic E-state index is 13.8. The fourth-order valence-electron chi connectivity index (χ4n) is 4.77. The van der Waals surface area contributed by atoms with Crippen LogP contribution in [0, 0.1) is 12.8 Å². The minimum absolute atomic E-state index is 0.0378. The lowest BCUT2D eigenvalue weighted by Crippen LogP contribution is -2.48. The van der Waals surface area contributed by atoms with Crippen LogP contribution in [0.5, 0.6) is 5.88 Å². The van der Waals surface area contributed by atoms with Crippen molar-refractivity contribution in [3.63, 3.8) is 0 Å². The summed E-state index contributed by atoms with van der Waals surface area (Å²) < 4.78 is 10.9. The third-order valence-corrected chi connectivity index (χ3v) is 8.45. The monoisotopic (exact) mass is 638 g/mol. The van der Waals surface area contributed by atoms with Crippen LogP contribution in [-0.2, 0) is 9.59 Å². The molecule has 210 valence electrons. The molecule has 1 fully saturated rings. The number of halogens is 2. The van der Waals surface area contributed by atoms with Crippen LogP contribution in [-0.4, -0.2) is 62.6 Å². The van der Waals surface area contributed by atoms with Crippen molar-refractivity contribution in [3.8, 4) is 16.3 Å². The average Bonchev–Trinajstić information content (AvgIpc) is 3.61. The van der Waals surface area contributed by atoms with Gasteiger partial charge < -0.3 is 24.6 Å². The van der Waals surface area contributed by atoms with Gasteiger partial charge in [-0.3, -0.25) is 9.59 Å². The Morgan fingerprint density at radius 2 is 2.03 bits per heavy atom. The zero-order valence-electron chi connectivity index (χ0n) is 22.2. The van der Waals surface area contributed by atoms with Crippen molar-refractivity contribution in [2.45, 2.75) is 58.2 Å². The fourth-order valence-corrected chi connectivity index (χ4v) is 5.99. The molecule has 3 aromatic rings. The quantitative estimate of drug-likeness (QED) is 0.296. The van der Waals surface area contributed by atoms with Gasteiger partial charge in [-0.05, 0) is 36.0 Å². The molecule has 1 aromatic carbocycles. The smallest absolute Gasteiger partial charge is 0.273 e. The first-order valence-corrected chi connectivity index (χ1v) is 15.1. The van der Waals surface area contributed by atoms with Crippen LogP contribution in [0.15, 0.2) is 34.3 Å². The molecule has 4 rings (SSSR count). The van der Waals surface area contributed by atoms with E-state index in [0.29, 0.717) is 11.9 Å². The molecule has 12 heteroatoms. The standard InChI is InChI=1S/C27H32BrClN4O5S/c1-14(2)21(23-22(29)26(32-38-23)37-10-9-28)27(36)33-12-19(34)11-20(33)25(35)31-15(3)17-5-7-18(8-6-17)24-16(4)30-13-39-24/h5-8,13-15,19-21,34H,9-12H2,1-4H3,(H,31,35)/t15-,19+,20?,21?/m0/s1. The molecule has 0 spiro atoms. The van der Waals surface area contributed by atoms with Gasteiger partial charge in [0.05, 0.1) is 34.8 Å². The molecule has 2 amide bonds. The molecule has 3 heterocycles. The molecular formula is C27H32BrClN4O5S. The number of aliphatic hydroxyl groups excluding tert-OH is 1. The van der Waals surface area contributed by atoms with Crippen molar-refractivity contribution in [1.29, 1.82) is 0 Å². The number of aryl methyl sites for hydroxylation is 1. The van der Waals surface area contributed by atoms with Crippen LogP contribution in [0.1, 0.15) is 56.2 Å². The number of alkyl halides is 1. The molecule has 39 heavy (non-hydrogen) atoms. The first kappa shape index (κ1) is 29.5. The third kappa shape index (κ3) is 6.48. The predicted molar refractivity (Wildman–Crippen MR) is 153 cm³/mol. The summed E-state index contributed by atoms with van der Waals surface area (Å²) in [4.78, 5) is 34.0. The lowest BCUT2D eigenvalue weighted by Gasteiger charge is -2.29. The van der Waals surface area contributed by atoms with E-state index in [2.05, 4.69) is 31.4 Å². The molecule has 0 radical (unpaired) electrons. The van der Waals surface area contributed by atoms with Crippen molar-refractivity contribution in [2.24, 2.45) is 5.92 Å². The highest BCUT2D eigenvalue weighted by Gasteiger charge is 2.44. The van der Waals surface area contributed by atoms with E-state index in [-0.39, 0.29) is 53.4 Å². The highest BCUT2D eigenvalue weighted by atomic mass is 79.9. The van der Waals surface area contributed by atoms with Gasteiger partial charge in [-0.15, -0.1) is 11.3 Å². The average molecular weight is 640 g/mol. The molecule has 2 unspecified atom stereocenters. The Labute approximate surface area is 245 Å². The third-order valence-electron chi connectivity index (χ3n) is 6.80. The molecule has 1 saturated heterocycles. The number of hydrogen-bond acceptors (Lipinski definition) is 8.